The molecule has 1 atom stereocenters. The van der Waals surface area contributed by atoms with E-state index >= 15 is 0 Å². The number of halogens is 4. The predicted octanol–water partition coefficient (Wildman–Crippen LogP) is 6.06. The normalized spacial score (nSPS) is 12.0. The van der Waals surface area contributed by atoms with Gasteiger partial charge in [-0.15, -0.1) is 22.6 Å². The summed E-state index contributed by atoms with van der Waals surface area (Å²) in [6.07, 6.45) is 3.85. The van der Waals surface area contributed by atoms with Crippen LogP contribution in [0, 0.1) is 11.6 Å². The lowest BCUT2D eigenvalue weighted by atomic mass is 10.1. The Hall–Kier alpha value is -3.21. The first-order valence-electron chi connectivity index (χ1n) is 11.1. The first kappa shape index (κ1) is 28.4. The van der Waals surface area contributed by atoms with Crippen LogP contribution >= 0.6 is 24.0 Å². The van der Waals surface area contributed by atoms with Crippen LogP contribution in [0.3, 0.4) is 0 Å². The Morgan fingerprint density at radius 2 is 1.70 bits per heavy atom. The zero-order valence-electron chi connectivity index (χ0n) is 19.7. The molecule has 0 saturated heterocycles. The smallest absolute Gasteiger partial charge is 0.264 e. The number of hydrogen-bond acceptors (Lipinski definition) is 5. The van der Waals surface area contributed by atoms with Crippen LogP contribution < -0.4 is 9.04 Å². The molecule has 0 saturated carbocycles. The lowest BCUT2D eigenvalue weighted by molar-refractivity contribution is 0.297. The molecule has 37 heavy (non-hydrogen) atoms. The molecule has 7 nitrogen and oxygen atoms in total. The van der Waals surface area contributed by atoms with Gasteiger partial charge < -0.3 is 9.30 Å². The summed E-state index contributed by atoms with van der Waals surface area (Å²) in [5.41, 5.74) is 0.0721. The summed E-state index contributed by atoms with van der Waals surface area (Å²) in [5.74, 6) is -1.22. The maximum atomic E-state index is 15.0. The van der Waals surface area contributed by atoms with E-state index < -0.39 is 33.4 Å². The van der Waals surface area contributed by atoms with Crippen LogP contribution in [-0.2, 0) is 16.6 Å². The van der Waals surface area contributed by atoms with Crippen molar-refractivity contribution in [3.05, 3.63) is 102 Å². The number of nitrogens with zero attached hydrogens (tertiary/aromatic N) is 4. The summed E-state index contributed by atoms with van der Waals surface area (Å²) < 4.78 is 65.3. The molecule has 4 aromatic rings. The number of aryl methyl sites for hydroxylation is 1. The van der Waals surface area contributed by atoms with Crippen LogP contribution in [0.15, 0.2) is 84.3 Å². The summed E-state index contributed by atoms with van der Waals surface area (Å²) in [4.78, 5) is -0.116. The van der Waals surface area contributed by atoms with Gasteiger partial charge in [0.05, 0.1) is 23.2 Å². The van der Waals surface area contributed by atoms with Crippen LogP contribution in [-0.4, -0.2) is 29.8 Å². The van der Waals surface area contributed by atoms with E-state index in [-0.39, 0.29) is 17.3 Å². The Bertz CT molecular complexity index is 1420. The summed E-state index contributed by atoms with van der Waals surface area (Å²) in [6, 6.07) is 14.1. The molecule has 0 aliphatic rings. The fraction of sp³-hybridized carbons (Fsp3) is 0.200. The lowest BCUT2D eigenvalue weighted by Crippen LogP contribution is -2.34. The van der Waals surface area contributed by atoms with E-state index in [2.05, 4.69) is 10.2 Å². The van der Waals surface area contributed by atoms with Gasteiger partial charge in [-0.3, -0.25) is 4.31 Å². The van der Waals surface area contributed by atoms with Gasteiger partial charge in [0.25, 0.3) is 10.0 Å². The highest BCUT2D eigenvalue weighted by molar-refractivity contribution is 7.92. The standard InChI is InChI=1S/C25H23ClF2N4O3S.ClH/c1-18(22-5-2-3-6-25(22)35-14-4-13-31-16-29-30-17-31)32(24-15-20(27)9-12-23(24)28)36(33,34)21-10-7-19(26)8-11-21;/h2-3,5-12,15-18H,4,13-14H2,1H3;1H. The summed E-state index contributed by atoms with van der Waals surface area (Å²) in [5, 5.41) is 7.85. The van der Waals surface area contributed by atoms with E-state index in [0.717, 1.165) is 22.5 Å². The van der Waals surface area contributed by atoms with E-state index in [9.17, 15) is 17.2 Å². The first-order chi connectivity index (χ1) is 17.3. The third-order valence-corrected chi connectivity index (χ3v) is 7.67. The van der Waals surface area contributed by atoms with Crippen molar-refractivity contribution in [2.45, 2.75) is 30.8 Å². The van der Waals surface area contributed by atoms with Gasteiger partial charge >= 0.3 is 0 Å². The largest absolute Gasteiger partial charge is 0.493 e. The second-order valence-electron chi connectivity index (χ2n) is 7.97. The number of rotatable bonds is 10. The van der Waals surface area contributed by atoms with Crippen LogP contribution in [0.4, 0.5) is 14.5 Å². The highest BCUT2D eigenvalue weighted by Crippen LogP contribution is 2.38. The molecule has 0 fully saturated rings. The molecule has 196 valence electrons. The molecular weight excluding hydrogens is 545 g/mol. The number of ether oxygens (including phenoxy) is 1. The second kappa shape index (κ2) is 12.4. The Labute approximate surface area is 225 Å². The number of para-hydroxylation sites is 1. The molecular formula is C25H24Cl2F2N4O3S. The van der Waals surface area contributed by atoms with Gasteiger partial charge in [-0.1, -0.05) is 29.8 Å². The van der Waals surface area contributed by atoms with Gasteiger partial charge in [0.1, 0.15) is 30.0 Å². The zero-order valence-corrected chi connectivity index (χ0v) is 22.1. The number of sulfonamides is 1. The first-order valence-corrected chi connectivity index (χ1v) is 12.9. The second-order valence-corrected chi connectivity index (χ2v) is 10.2. The average Bonchev–Trinajstić information content (AvgIpc) is 3.38. The average molecular weight is 569 g/mol. The molecule has 0 radical (unpaired) electrons. The maximum absolute atomic E-state index is 15.0. The molecule has 0 aliphatic carbocycles. The Kier molecular flexibility index (Phi) is 9.47. The van der Waals surface area contributed by atoms with Crippen LogP contribution in [0.5, 0.6) is 5.75 Å². The van der Waals surface area contributed by atoms with E-state index in [1.807, 2.05) is 4.57 Å². The Balaban J connectivity index is 0.00000380. The SMILES string of the molecule is CC(c1ccccc1OCCCn1cnnc1)N(c1cc(F)ccc1F)S(=O)(=O)c1ccc(Cl)cc1.Cl. The molecule has 12 heteroatoms. The minimum atomic E-state index is -4.33. The molecule has 0 N–H and O–H groups in total. The lowest BCUT2D eigenvalue weighted by Gasteiger charge is -2.32. The van der Waals surface area contributed by atoms with Crippen LogP contribution in [0.1, 0.15) is 24.9 Å². The summed E-state index contributed by atoms with van der Waals surface area (Å²) in [6.45, 7) is 2.56. The van der Waals surface area contributed by atoms with Crippen molar-refractivity contribution in [1.29, 1.82) is 0 Å². The number of benzene rings is 3. The van der Waals surface area contributed by atoms with Gasteiger partial charge in [0, 0.05) is 23.2 Å². The minimum Gasteiger partial charge on any atom is -0.493 e. The highest BCUT2D eigenvalue weighted by atomic mass is 35.5. The van der Waals surface area contributed by atoms with Crippen LogP contribution in [0.2, 0.25) is 5.02 Å². The van der Waals surface area contributed by atoms with Crippen molar-refractivity contribution in [3.63, 3.8) is 0 Å². The minimum absolute atomic E-state index is 0. The molecule has 4 rings (SSSR count). The molecule has 0 bridgehead atoms. The molecule has 1 heterocycles. The number of anilines is 1. The number of hydrogen-bond donors (Lipinski definition) is 0. The molecule has 0 spiro atoms. The van der Waals surface area contributed by atoms with Gasteiger partial charge in [0.2, 0.25) is 0 Å². The van der Waals surface area contributed by atoms with Crippen molar-refractivity contribution in [1.82, 2.24) is 14.8 Å². The van der Waals surface area contributed by atoms with E-state index in [0.29, 0.717) is 35.9 Å². The molecule has 1 aromatic heterocycles. The van der Waals surface area contributed by atoms with Gasteiger partial charge in [-0.2, -0.15) is 0 Å². The van der Waals surface area contributed by atoms with E-state index in [1.54, 1.807) is 43.8 Å². The van der Waals surface area contributed by atoms with Gasteiger partial charge in [0.15, 0.2) is 0 Å². The van der Waals surface area contributed by atoms with Gasteiger partial charge in [-0.25, -0.2) is 17.2 Å². The van der Waals surface area contributed by atoms with E-state index in [4.69, 9.17) is 16.3 Å². The summed E-state index contributed by atoms with van der Waals surface area (Å²) >= 11 is 5.93. The highest BCUT2D eigenvalue weighted by Gasteiger charge is 2.34. The Morgan fingerprint density at radius 3 is 2.41 bits per heavy atom. The maximum Gasteiger partial charge on any atom is 0.264 e. The molecule has 0 amide bonds. The van der Waals surface area contributed by atoms with E-state index in [1.165, 1.54) is 24.3 Å². The van der Waals surface area contributed by atoms with Gasteiger partial charge in [-0.05, 0) is 55.8 Å². The molecule has 3 aromatic carbocycles. The van der Waals surface area contributed by atoms with Crippen molar-refractivity contribution >= 4 is 39.7 Å². The van der Waals surface area contributed by atoms with Crippen molar-refractivity contribution in [3.8, 4) is 5.75 Å². The van der Waals surface area contributed by atoms with Crippen molar-refractivity contribution in [2.24, 2.45) is 0 Å². The third kappa shape index (κ3) is 6.57. The predicted molar refractivity (Wildman–Crippen MR) is 140 cm³/mol. The van der Waals surface area contributed by atoms with Crippen LogP contribution in [0.25, 0.3) is 0 Å². The zero-order chi connectivity index (χ0) is 25.7. The fourth-order valence-corrected chi connectivity index (χ4v) is 5.53. The van der Waals surface area contributed by atoms with Crippen molar-refractivity contribution < 1.29 is 21.9 Å². The third-order valence-electron chi connectivity index (χ3n) is 5.52. The fourth-order valence-electron chi connectivity index (χ4n) is 3.77. The monoisotopic (exact) mass is 568 g/mol. The number of aromatic nitrogens is 3. The topological polar surface area (TPSA) is 77.3 Å². The summed E-state index contributed by atoms with van der Waals surface area (Å²) in [7, 11) is -4.33. The Morgan fingerprint density at radius 1 is 1.03 bits per heavy atom. The quantitative estimate of drug-likeness (QED) is 0.217. The molecule has 1 unspecified atom stereocenters. The van der Waals surface area contributed by atoms with Crippen molar-refractivity contribution in [2.75, 3.05) is 10.9 Å². The molecule has 0 aliphatic heterocycles.